The first kappa shape index (κ1) is 9.52. The van der Waals surface area contributed by atoms with E-state index in [0.717, 1.165) is 19.3 Å². The Balaban J connectivity index is 2.18. The Morgan fingerprint density at radius 3 is 3.00 bits per heavy atom. The summed E-state index contributed by atoms with van der Waals surface area (Å²) in [6.45, 7) is 0.633. The molecule has 0 saturated heterocycles. The summed E-state index contributed by atoms with van der Waals surface area (Å²) in [7, 11) is 0. The maximum Gasteiger partial charge on any atom is 0.343 e. The highest BCUT2D eigenvalue weighted by Crippen LogP contribution is 1.99. The molecule has 0 aromatic carbocycles. The first-order valence-electron chi connectivity index (χ1n) is 4.32. The fourth-order valence-corrected chi connectivity index (χ4v) is 1.08. The zero-order valence-corrected chi connectivity index (χ0v) is 7.36. The average molecular weight is 180 g/mol. The summed E-state index contributed by atoms with van der Waals surface area (Å²) < 4.78 is 1.40. The molecule has 5 nitrogen and oxygen atoms in total. The number of aromatic nitrogens is 3. The van der Waals surface area contributed by atoms with Gasteiger partial charge in [-0.3, -0.25) is 4.98 Å². The van der Waals surface area contributed by atoms with Gasteiger partial charge in [-0.25, -0.2) is 9.48 Å². The van der Waals surface area contributed by atoms with Gasteiger partial charge in [0.25, 0.3) is 0 Å². The molecular formula is C8H12N4O. The second kappa shape index (κ2) is 5.14. The van der Waals surface area contributed by atoms with Gasteiger partial charge in [0, 0.05) is 13.0 Å². The maximum atomic E-state index is 10.9. The monoisotopic (exact) mass is 180 g/mol. The Morgan fingerprint density at radius 2 is 2.38 bits per heavy atom. The van der Waals surface area contributed by atoms with Gasteiger partial charge in [0.2, 0.25) is 0 Å². The highest BCUT2D eigenvalue weighted by atomic mass is 16.1. The van der Waals surface area contributed by atoms with Crippen molar-refractivity contribution >= 4 is 0 Å². The van der Waals surface area contributed by atoms with Crippen molar-refractivity contribution in [3.63, 3.8) is 0 Å². The summed E-state index contributed by atoms with van der Waals surface area (Å²) in [5.41, 5.74) is -0.166. The normalized spacial score (nSPS) is 9.77. The van der Waals surface area contributed by atoms with Crippen molar-refractivity contribution in [2.24, 2.45) is 0 Å². The van der Waals surface area contributed by atoms with Crippen LogP contribution in [0.25, 0.3) is 0 Å². The third kappa shape index (κ3) is 3.11. The summed E-state index contributed by atoms with van der Waals surface area (Å²) in [6.07, 6.45) is 4.74. The van der Waals surface area contributed by atoms with E-state index in [9.17, 15) is 4.79 Å². The molecule has 0 aliphatic carbocycles. The van der Waals surface area contributed by atoms with Crippen LogP contribution in [0.15, 0.2) is 11.1 Å². The van der Waals surface area contributed by atoms with Crippen LogP contribution in [0.5, 0.6) is 0 Å². The predicted molar refractivity (Wildman–Crippen MR) is 46.9 cm³/mol. The molecule has 70 valence electrons. The molecule has 13 heavy (non-hydrogen) atoms. The molecule has 0 aliphatic rings. The number of rotatable bonds is 5. The minimum atomic E-state index is -0.166. The van der Waals surface area contributed by atoms with Crippen molar-refractivity contribution in [1.82, 2.24) is 14.8 Å². The van der Waals surface area contributed by atoms with E-state index in [1.807, 2.05) is 0 Å². The fraction of sp³-hybridized carbons (Fsp3) is 0.625. The van der Waals surface area contributed by atoms with Gasteiger partial charge in [-0.1, -0.05) is 6.42 Å². The minimum absolute atomic E-state index is 0.166. The van der Waals surface area contributed by atoms with Gasteiger partial charge in [-0.05, 0) is 12.8 Å². The van der Waals surface area contributed by atoms with Gasteiger partial charge in [-0.2, -0.15) is 10.4 Å². The molecule has 1 heterocycles. The molecule has 1 rings (SSSR count). The summed E-state index contributed by atoms with van der Waals surface area (Å²) in [4.78, 5) is 13.4. The van der Waals surface area contributed by atoms with Gasteiger partial charge in [-0.15, -0.1) is 0 Å². The lowest BCUT2D eigenvalue weighted by molar-refractivity contribution is 0.532. The summed E-state index contributed by atoms with van der Waals surface area (Å²) in [6, 6.07) is 2.08. The van der Waals surface area contributed by atoms with Crippen LogP contribution >= 0.6 is 0 Å². The third-order valence-corrected chi connectivity index (χ3v) is 1.78. The molecule has 0 fully saturated rings. The van der Waals surface area contributed by atoms with Gasteiger partial charge in [0.05, 0.1) is 6.07 Å². The van der Waals surface area contributed by atoms with Crippen LogP contribution in [0.3, 0.4) is 0 Å². The molecule has 0 atom stereocenters. The van der Waals surface area contributed by atoms with Crippen LogP contribution in [-0.2, 0) is 6.54 Å². The Labute approximate surface area is 76.0 Å². The van der Waals surface area contributed by atoms with Crippen LogP contribution in [0, 0.1) is 11.3 Å². The number of hydrogen-bond donors (Lipinski definition) is 1. The lowest BCUT2D eigenvalue weighted by Crippen LogP contribution is -2.18. The summed E-state index contributed by atoms with van der Waals surface area (Å²) in [5.74, 6) is 0. The van der Waals surface area contributed by atoms with Gasteiger partial charge >= 0.3 is 5.69 Å². The predicted octanol–water partition coefficient (Wildman–Crippen LogP) is 0.655. The highest BCUT2D eigenvalue weighted by molar-refractivity contribution is 4.68. The number of nitriles is 1. The van der Waals surface area contributed by atoms with Crippen molar-refractivity contribution in [3.05, 3.63) is 16.8 Å². The lowest BCUT2D eigenvalue weighted by Gasteiger charge is -1.97. The molecule has 5 heteroatoms. The van der Waals surface area contributed by atoms with E-state index in [4.69, 9.17) is 5.26 Å². The van der Waals surface area contributed by atoms with E-state index >= 15 is 0 Å². The molecular weight excluding hydrogens is 168 g/mol. The molecule has 0 aliphatic heterocycles. The van der Waals surface area contributed by atoms with E-state index in [1.165, 1.54) is 11.0 Å². The van der Waals surface area contributed by atoms with Crippen molar-refractivity contribution in [2.75, 3.05) is 0 Å². The van der Waals surface area contributed by atoms with Gasteiger partial charge in [0.1, 0.15) is 6.33 Å². The Morgan fingerprint density at radius 1 is 1.54 bits per heavy atom. The van der Waals surface area contributed by atoms with E-state index in [1.54, 1.807) is 0 Å². The van der Waals surface area contributed by atoms with Crippen LogP contribution in [0.1, 0.15) is 25.7 Å². The topological polar surface area (TPSA) is 74.5 Å². The number of aromatic amines is 1. The lowest BCUT2D eigenvalue weighted by atomic mass is 10.2. The molecule has 0 amide bonds. The van der Waals surface area contributed by atoms with E-state index < -0.39 is 0 Å². The minimum Gasteiger partial charge on any atom is -0.295 e. The highest BCUT2D eigenvalue weighted by Gasteiger charge is 1.96. The van der Waals surface area contributed by atoms with E-state index in [-0.39, 0.29) is 5.69 Å². The second-order valence-corrected chi connectivity index (χ2v) is 2.79. The molecule has 1 aromatic rings. The summed E-state index contributed by atoms with van der Waals surface area (Å²) in [5, 5.41) is 12.1. The largest absolute Gasteiger partial charge is 0.343 e. The van der Waals surface area contributed by atoms with E-state index in [0.29, 0.717) is 13.0 Å². The molecule has 0 bridgehead atoms. The molecule has 1 N–H and O–H groups in total. The number of H-pyrrole nitrogens is 1. The number of hydrogen-bond acceptors (Lipinski definition) is 3. The van der Waals surface area contributed by atoms with Crippen LogP contribution in [-0.4, -0.2) is 14.8 Å². The van der Waals surface area contributed by atoms with Gasteiger partial charge < -0.3 is 0 Å². The van der Waals surface area contributed by atoms with Crippen molar-refractivity contribution in [3.8, 4) is 6.07 Å². The Kier molecular flexibility index (Phi) is 3.76. The smallest absolute Gasteiger partial charge is 0.295 e. The third-order valence-electron chi connectivity index (χ3n) is 1.78. The number of unbranched alkanes of at least 4 members (excludes halogenated alkanes) is 3. The maximum absolute atomic E-state index is 10.9. The van der Waals surface area contributed by atoms with Crippen molar-refractivity contribution in [2.45, 2.75) is 32.2 Å². The van der Waals surface area contributed by atoms with E-state index in [2.05, 4.69) is 16.2 Å². The fourth-order valence-electron chi connectivity index (χ4n) is 1.08. The van der Waals surface area contributed by atoms with Crippen LogP contribution in [0.2, 0.25) is 0 Å². The Bertz CT molecular complexity index is 332. The standard InChI is InChI=1S/C8H12N4O/c9-5-3-1-2-4-6-12-8(13)10-7-11-12/h7H,1-4,6H2,(H,10,11,13). The van der Waals surface area contributed by atoms with Crippen LogP contribution < -0.4 is 5.69 Å². The average Bonchev–Trinajstić information content (AvgIpc) is 2.52. The van der Waals surface area contributed by atoms with Crippen molar-refractivity contribution in [1.29, 1.82) is 5.26 Å². The van der Waals surface area contributed by atoms with Crippen molar-refractivity contribution < 1.29 is 0 Å². The number of nitrogens with one attached hydrogen (secondary N) is 1. The zero-order valence-electron chi connectivity index (χ0n) is 7.36. The SMILES string of the molecule is N#CCCCCCn1nc[nH]c1=O. The number of aryl methyl sites for hydroxylation is 1. The summed E-state index contributed by atoms with van der Waals surface area (Å²) >= 11 is 0. The molecule has 0 unspecified atom stereocenters. The zero-order chi connectivity index (χ0) is 9.52. The molecule has 0 radical (unpaired) electrons. The first-order valence-corrected chi connectivity index (χ1v) is 4.32. The van der Waals surface area contributed by atoms with Crippen LogP contribution in [0.4, 0.5) is 0 Å². The second-order valence-electron chi connectivity index (χ2n) is 2.79. The Hall–Kier alpha value is -1.57. The molecule has 1 aromatic heterocycles. The molecule has 0 saturated carbocycles. The quantitative estimate of drug-likeness (QED) is 0.676. The number of nitrogens with zero attached hydrogens (tertiary/aromatic N) is 3. The molecule has 0 spiro atoms. The first-order chi connectivity index (χ1) is 6.34. The van der Waals surface area contributed by atoms with Gasteiger partial charge in [0.15, 0.2) is 0 Å².